The highest BCUT2D eigenvalue weighted by Crippen LogP contribution is 2.25. The van der Waals surface area contributed by atoms with Crippen LogP contribution in [-0.4, -0.2) is 78.7 Å². The van der Waals surface area contributed by atoms with Crippen LogP contribution >= 0.6 is 0 Å². The van der Waals surface area contributed by atoms with Crippen LogP contribution in [0.5, 0.6) is 17.2 Å². The Balaban J connectivity index is 1.16. The van der Waals surface area contributed by atoms with Gasteiger partial charge in [-0.1, -0.05) is 64.7 Å². The van der Waals surface area contributed by atoms with E-state index in [1.165, 1.54) is 57.8 Å². The minimum absolute atomic E-state index is 0.0604. The van der Waals surface area contributed by atoms with Crippen LogP contribution < -0.4 is 19.1 Å². The molecule has 0 bridgehead atoms. The molecule has 0 aromatic heterocycles. The number of hydrogen-bond acceptors (Lipinski definition) is 10. The van der Waals surface area contributed by atoms with Gasteiger partial charge in [0, 0.05) is 25.3 Å². The fourth-order valence-corrected chi connectivity index (χ4v) is 5.30. The summed E-state index contributed by atoms with van der Waals surface area (Å²) >= 11 is 0. The summed E-state index contributed by atoms with van der Waals surface area (Å²) in [4.78, 5) is 2.13. The lowest BCUT2D eigenvalue weighted by atomic mass is 10.1. The summed E-state index contributed by atoms with van der Waals surface area (Å²) in [6.07, 6.45) is 12.9. The number of aliphatic hydroxyl groups excluding tert-OH is 1. The first-order valence-electron chi connectivity index (χ1n) is 18.7. The Bertz CT molecular complexity index is 1320. The van der Waals surface area contributed by atoms with E-state index in [4.69, 9.17) is 28.4 Å². The van der Waals surface area contributed by atoms with Crippen LogP contribution in [0.15, 0.2) is 77.0 Å². The molecule has 0 unspecified atom stereocenters. The molecule has 0 saturated carbocycles. The summed E-state index contributed by atoms with van der Waals surface area (Å²) in [5.74, 6) is 2.19. The Kier molecular flexibility index (Phi) is 22.1. The molecule has 0 atom stereocenters. The zero-order chi connectivity index (χ0) is 36.2. The summed E-state index contributed by atoms with van der Waals surface area (Å²) < 4.78 is 34.0. The molecule has 10 heteroatoms. The molecule has 0 fully saturated rings. The Morgan fingerprint density at radius 3 is 1.59 bits per heavy atom. The number of ether oxygens (including phenoxy) is 6. The number of likely N-dealkylation sites (N-methyl/N-ethyl adjacent to an activating group) is 1. The quantitative estimate of drug-likeness (QED) is 0.0540. The topological polar surface area (TPSA) is 104 Å². The van der Waals surface area contributed by atoms with Crippen LogP contribution in [-0.2, 0) is 20.8 Å². The third kappa shape index (κ3) is 18.9. The third-order valence-electron chi connectivity index (χ3n) is 8.34. The van der Waals surface area contributed by atoms with Crippen LogP contribution in [0.2, 0.25) is 0 Å². The molecule has 0 saturated heterocycles. The van der Waals surface area contributed by atoms with Gasteiger partial charge in [0.15, 0.2) is 0 Å². The molecule has 0 aliphatic rings. The fourth-order valence-electron chi connectivity index (χ4n) is 5.30. The Morgan fingerprint density at radius 2 is 1.04 bits per heavy atom. The van der Waals surface area contributed by atoms with Gasteiger partial charge in [-0.25, -0.2) is 0 Å². The van der Waals surface area contributed by atoms with Crippen LogP contribution in [0, 0.1) is 0 Å². The molecule has 0 aliphatic carbocycles. The van der Waals surface area contributed by atoms with Crippen molar-refractivity contribution in [2.75, 3.05) is 78.5 Å². The Hall–Kier alpha value is -3.70. The zero-order valence-corrected chi connectivity index (χ0v) is 31.2. The van der Waals surface area contributed by atoms with Crippen molar-refractivity contribution in [1.29, 1.82) is 0 Å². The average Bonchev–Trinajstić information content (AvgIpc) is 3.16. The van der Waals surface area contributed by atoms with Crippen molar-refractivity contribution in [2.24, 2.45) is 10.2 Å². The molecule has 3 rings (SSSR count). The van der Waals surface area contributed by atoms with Gasteiger partial charge >= 0.3 is 0 Å². The summed E-state index contributed by atoms with van der Waals surface area (Å²) in [6.45, 7) is 7.06. The molecule has 1 N–H and O–H groups in total. The van der Waals surface area contributed by atoms with E-state index in [2.05, 4.69) is 22.1 Å². The van der Waals surface area contributed by atoms with Crippen molar-refractivity contribution in [3.8, 4) is 17.2 Å². The lowest BCUT2D eigenvalue weighted by Crippen LogP contribution is -2.23. The van der Waals surface area contributed by atoms with Crippen LogP contribution in [0.25, 0.3) is 0 Å². The standard InChI is InChI=1S/C41H61N3O7/c1-4-5-6-7-8-9-10-11-12-13-23-50-40-31-35(34-45)32-41(33-40)51-30-29-49-28-27-48-26-25-47-24-22-44(2)38-18-14-36(15-19-38)42-43-37-16-20-39(46-3)21-17-37/h14-21,31-33,45H,4-13,22-30,34H2,1-3H3. The van der Waals surface area contributed by atoms with Gasteiger partial charge in [-0.05, 0) is 72.6 Å². The number of azo groups is 1. The first kappa shape index (κ1) is 41.7. The zero-order valence-electron chi connectivity index (χ0n) is 31.2. The number of unbranched alkanes of at least 4 members (excludes halogenated alkanes) is 9. The van der Waals surface area contributed by atoms with E-state index in [0.29, 0.717) is 58.6 Å². The minimum atomic E-state index is -0.0604. The van der Waals surface area contributed by atoms with Crippen molar-refractivity contribution in [2.45, 2.75) is 77.7 Å². The predicted octanol–water partition coefficient (Wildman–Crippen LogP) is 9.47. The predicted molar refractivity (Wildman–Crippen MR) is 205 cm³/mol. The van der Waals surface area contributed by atoms with E-state index in [0.717, 1.165) is 47.1 Å². The third-order valence-corrected chi connectivity index (χ3v) is 8.34. The molecule has 3 aromatic rings. The second-order valence-electron chi connectivity index (χ2n) is 12.5. The SMILES string of the molecule is CCCCCCCCCCCCOc1cc(CO)cc(OCCOCCOCCOCCN(C)c2ccc(N=Nc3ccc(OC)cc3)cc2)c1. The average molecular weight is 708 g/mol. The van der Waals surface area contributed by atoms with E-state index in [1.54, 1.807) is 7.11 Å². The minimum Gasteiger partial charge on any atom is -0.497 e. The molecule has 0 heterocycles. The van der Waals surface area contributed by atoms with Gasteiger partial charge < -0.3 is 38.4 Å². The molecule has 282 valence electrons. The molecule has 0 radical (unpaired) electrons. The van der Waals surface area contributed by atoms with Gasteiger partial charge in [0.2, 0.25) is 0 Å². The molecule has 0 amide bonds. The molecule has 51 heavy (non-hydrogen) atoms. The molecular weight excluding hydrogens is 646 g/mol. The first-order valence-corrected chi connectivity index (χ1v) is 18.7. The van der Waals surface area contributed by atoms with Gasteiger partial charge in [-0.2, -0.15) is 10.2 Å². The lowest BCUT2D eigenvalue weighted by Gasteiger charge is -2.19. The first-order chi connectivity index (χ1) is 25.1. The van der Waals surface area contributed by atoms with Gasteiger partial charge in [0.1, 0.15) is 23.9 Å². The highest BCUT2D eigenvalue weighted by atomic mass is 16.6. The second-order valence-corrected chi connectivity index (χ2v) is 12.5. The van der Waals surface area contributed by atoms with E-state index in [9.17, 15) is 5.11 Å². The molecule has 10 nitrogen and oxygen atoms in total. The number of hydrogen-bond donors (Lipinski definition) is 1. The number of anilines is 1. The second kappa shape index (κ2) is 27.0. The molecule has 0 aliphatic heterocycles. The summed E-state index contributed by atoms with van der Waals surface area (Å²) in [5.41, 5.74) is 3.41. The smallest absolute Gasteiger partial charge is 0.123 e. The molecular formula is C41H61N3O7. The largest absolute Gasteiger partial charge is 0.497 e. The van der Waals surface area contributed by atoms with E-state index >= 15 is 0 Å². The summed E-state index contributed by atoms with van der Waals surface area (Å²) in [6, 6.07) is 21.0. The van der Waals surface area contributed by atoms with E-state index in [-0.39, 0.29) is 6.61 Å². The van der Waals surface area contributed by atoms with Crippen LogP contribution in [0.3, 0.4) is 0 Å². The molecule has 3 aromatic carbocycles. The number of benzene rings is 3. The summed E-state index contributed by atoms with van der Waals surface area (Å²) in [5, 5.41) is 18.3. The summed E-state index contributed by atoms with van der Waals surface area (Å²) in [7, 11) is 3.67. The van der Waals surface area contributed by atoms with Crippen molar-refractivity contribution < 1.29 is 33.5 Å². The van der Waals surface area contributed by atoms with Crippen molar-refractivity contribution >= 4 is 17.1 Å². The maximum Gasteiger partial charge on any atom is 0.123 e. The number of nitrogens with zero attached hydrogens (tertiary/aromatic N) is 3. The lowest BCUT2D eigenvalue weighted by molar-refractivity contribution is 0.0105. The highest BCUT2D eigenvalue weighted by molar-refractivity contribution is 5.52. The maximum atomic E-state index is 9.67. The Morgan fingerprint density at radius 1 is 0.549 bits per heavy atom. The monoisotopic (exact) mass is 707 g/mol. The molecule has 0 spiro atoms. The van der Waals surface area contributed by atoms with Gasteiger partial charge in [-0.15, -0.1) is 0 Å². The maximum absolute atomic E-state index is 9.67. The fraction of sp³-hybridized carbons (Fsp3) is 0.561. The normalized spacial score (nSPS) is 11.3. The number of rotatable bonds is 30. The van der Waals surface area contributed by atoms with Crippen molar-refractivity contribution in [3.05, 3.63) is 72.3 Å². The van der Waals surface area contributed by atoms with Gasteiger partial charge in [0.05, 0.1) is 71.3 Å². The van der Waals surface area contributed by atoms with Crippen molar-refractivity contribution in [1.82, 2.24) is 0 Å². The van der Waals surface area contributed by atoms with E-state index in [1.807, 2.05) is 73.8 Å². The van der Waals surface area contributed by atoms with E-state index < -0.39 is 0 Å². The van der Waals surface area contributed by atoms with Crippen LogP contribution in [0.4, 0.5) is 17.1 Å². The number of methoxy groups -OCH3 is 1. The van der Waals surface area contributed by atoms with Gasteiger partial charge in [0.25, 0.3) is 0 Å². The highest BCUT2D eigenvalue weighted by Gasteiger charge is 2.05. The van der Waals surface area contributed by atoms with Crippen molar-refractivity contribution in [3.63, 3.8) is 0 Å². The number of aliphatic hydroxyl groups is 1. The Labute approximate surface area is 306 Å². The van der Waals surface area contributed by atoms with Gasteiger partial charge in [-0.3, -0.25) is 0 Å². The van der Waals surface area contributed by atoms with Crippen LogP contribution in [0.1, 0.15) is 76.7 Å².